The summed E-state index contributed by atoms with van der Waals surface area (Å²) in [5.74, 6) is 0.0469. The van der Waals surface area contributed by atoms with E-state index in [2.05, 4.69) is 4.72 Å². The van der Waals surface area contributed by atoms with E-state index in [1.54, 1.807) is 19.1 Å². The van der Waals surface area contributed by atoms with Crippen molar-refractivity contribution < 1.29 is 13.2 Å². The zero-order valence-corrected chi connectivity index (χ0v) is 16.2. The van der Waals surface area contributed by atoms with E-state index < -0.39 is 10.0 Å². The lowest BCUT2D eigenvalue weighted by Crippen LogP contribution is -2.43. The van der Waals surface area contributed by atoms with Crippen LogP contribution in [0.25, 0.3) is 0 Å². The van der Waals surface area contributed by atoms with Crippen LogP contribution in [0.3, 0.4) is 0 Å². The minimum Gasteiger partial charge on any atom is -0.295 e. The van der Waals surface area contributed by atoms with Gasteiger partial charge >= 0.3 is 0 Å². The summed E-state index contributed by atoms with van der Waals surface area (Å²) in [7, 11) is -3.55. The molecule has 1 aliphatic rings. The molecule has 1 aliphatic carbocycles. The van der Waals surface area contributed by atoms with E-state index in [-0.39, 0.29) is 16.1 Å². The summed E-state index contributed by atoms with van der Waals surface area (Å²) < 4.78 is 27.8. The summed E-state index contributed by atoms with van der Waals surface area (Å²) in [4.78, 5) is 11.6. The molecule has 0 radical (unpaired) electrons. The van der Waals surface area contributed by atoms with Gasteiger partial charge in [0.05, 0.1) is 4.90 Å². The number of carbonyl (C=O) groups is 1. The molecule has 26 heavy (non-hydrogen) atoms. The van der Waals surface area contributed by atoms with Crippen LogP contribution < -0.4 is 4.72 Å². The van der Waals surface area contributed by atoms with Crippen molar-refractivity contribution in [1.29, 1.82) is 0 Å². The smallest absolute Gasteiger partial charge is 0.240 e. The van der Waals surface area contributed by atoms with Crippen LogP contribution in [0.15, 0.2) is 53.4 Å². The van der Waals surface area contributed by atoms with Gasteiger partial charge in [0.2, 0.25) is 10.0 Å². The summed E-state index contributed by atoms with van der Waals surface area (Å²) in [6, 6.07) is 13.8. The molecular weight excluding hydrogens is 370 g/mol. The second-order valence-corrected chi connectivity index (χ2v) is 9.27. The normalized spacial score (nSPS) is 16.1. The van der Waals surface area contributed by atoms with Crippen molar-refractivity contribution in [1.82, 2.24) is 4.72 Å². The molecule has 1 fully saturated rings. The fraction of sp³-hybridized carbons (Fsp3) is 0.350. The van der Waals surface area contributed by atoms with Crippen LogP contribution in [0.1, 0.15) is 42.1 Å². The Hall–Kier alpha value is -1.69. The van der Waals surface area contributed by atoms with Crippen molar-refractivity contribution in [3.8, 4) is 0 Å². The monoisotopic (exact) mass is 391 g/mol. The number of rotatable bonds is 7. The molecule has 0 heterocycles. The first-order valence-corrected chi connectivity index (χ1v) is 10.5. The molecule has 1 saturated carbocycles. The lowest BCUT2D eigenvalue weighted by Gasteiger charge is -2.42. The van der Waals surface area contributed by atoms with E-state index in [0.29, 0.717) is 17.1 Å². The Morgan fingerprint density at radius 3 is 2.19 bits per heavy atom. The largest absolute Gasteiger partial charge is 0.295 e. The molecule has 1 N–H and O–H groups in total. The van der Waals surface area contributed by atoms with Gasteiger partial charge in [-0.2, -0.15) is 0 Å². The molecule has 4 nitrogen and oxygen atoms in total. The summed E-state index contributed by atoms with van der Waals surface area (Å²) in [5.41, 5.74) is 1.76. The molecule has 3 rings (SSSR count). The van der Waals surface area contributed by atoms with E-state index in [0.717, 1.165) is 31.2 Å². The summed E-state index contributed by atoms with van der Waals surface area (Å²) >= 11 is 5.83. The molecule has 2 aromatic rings. The van der Waals surface area contributed by atoms with Crippen LogP contribution in [0.4, 0.5) is 0 Å². The molecular formula is C20H22ClNO3S. The fourth-order valence-electron chi connectivity index (χ4n) is 3.33. The highest BCUT2D eigenvalue weighted by atomic mass is 35.5. The molecule has 0 saturated heterocycles. The van der Waals surface area contributed by atoms with E-state index in [4.69, 9.17) is 11.6 Å². The number of hydrogen-bond donors (Lipinski definition) is 1. The standard InChI is InChI=1S/C20H22ClNO3S/c1-15(23)17-5-3-16(4-6-17)13-20(11-2-12-20)14-22-26(24,25)19-9-7-18(21)8-10-19/h3-10,22H,2,11-14H2,1H3. The number of ketones is 1. The number of Topliss-reactive ketones (excluding diaryl/α,β-unsaturated/α-hetero) is 1. The minimum absolute atomic E-state index is 0.0469. The molecule has 0 atom stereocenters. The maximum atomic E-state index is 12.5. The summed E-state index contributed by atoms with van der Waals surface area (Å²) in [6.45, 7) is 1.96. The average Bonchev–Trinajstić information content (AvgIpc) is 2.58. The van der Waals surface area contributed by atoms with Crippen LogP contribution in [-0.2, 0) is 16.4 Å². The third kappa shape index (κ3) is 4.34. The molecule has 0 bridgehead atoms. The Kier molecular flexibility index (Phi) is 5.51. The van der Waals surface area contributed by atoms with Gasteiger partial charge in [-0.15, -0.1) is 0 Å². The van der Waals surface area contributed by atoms with Crippen LogP contribution in [0, 0.1) is 5.41 Å². The van der Waals surface area contributed by atoms with E-state index in [1.165, 1.54) is 12.1 Å². The second kappa shape index (κ2) is 7.51. The van der Waals surface area contributed by atoms with Crippen molar-refractivity contribution in [3.05, 3.63) is 64.7 Å². The zero-order valence-electron chi connectivity index (χ0n) is 14.7. The Labute approximate surface area is 159 Å². The zero-order chi connectivity index (χ0) is 18.8. The topological polar surface area (TPSA) is 63.2 Å². The first-order valence-electron chi connectivity index (χ1n) is 8.65. The highest BCUT2D eigenvalue weighted by Crippen LogP contribution is 2.43. The predicted octanol–water partition coefficient (Wildman–Crippen LogP) is 4.23. The van der Waals surface area contributed by atoms with E-state index in [1.807, 2.05) is 24.3 Å². The minimum atomic E-state index is -3.55. The molecule has 138 valence electrons. The SMILES string of the molecule is CC(=O)c1ccc(CC2(CNS(=O)(=O)c3ccc(Cl)cc3)CCC2)cc1. The quantitative estimate of drug-likeness (QED) is 0.718. The molecule has 0 unspecified atom stereocenters. The summed E-state index contributed by atoms with van der Waals surface area (Å²) in [5, 5.41) is 0.508. The number of halogens is 1. The van der Waals surface area contributed by atoms with Crippen molar-refractivity contribution in [2.24, 2.45) is 5.41 Å². The third-order valence-corrected chi connectivity index (χ3v) is 6.78. The van der Waals surface area contributed by atoms with Gasteiger partial charge in [0, 0.05) is 17.1 Å². The first-order chi connectivity index (χ1) is 12.3. The van der Waals surface area contributed by atoms with Crippen LogP contribution in [-0.4, -0.2) is 20.7 Å². The van der Waals surface area contributed by atoms with Crippen molar-refractivity contribution in [2.45, 2.75) is 37.5 Å². The molecule has 0 amide bonds. The summed E-state index contributed by atoms with van der Waals surface area (Å²) in [6.07, 6.45) is 3.89. The van der Waals surface area contributed by atoms with Gasteiger partial charge in [-0.05, 0) is 61.4 Å². The van der Waals surface area contributed by atoms with Gasteiger partial charge in [0.15, 0.2) is 5.78 Å². The molecule has 2 aromatic carbocycles. The number of hydrogen-bond acceptors (Lipinski definition) is 3. The first kappa shape index (κ1) is 19.1. The van der Waals surface area contributed by atoms with Crippen molar-refractivity contribution >= 4 is 27.4 Å². The average molecular weight is 392 g/mol. The maximum absolute atomic E-state index is 12.5. The fourth-order valence-corrected chi connectivity index (χ4v) is 4.61. The van der Waals surface area contributed by atoms with Gasteiger partial charge in [-0.3, -0.25) is 4.79 Å². The van der Waals surface area contributed by atoms with Gasteiger partial charge in [0.25, 0.3) is 0 Å². The lowest BCUT2D eigenvalue weighted by atomic mass is 9.65. The second-order valence-electron chi connectivity index (χ2n) is 7.06. The lowest BCUT2D eigenvalue weighted by molar-refractivity contribution is 0.101. The van der Waals surface area contributed by atoms with Crippen LogP contribution in [0.2, 0.25) is 5.02 Å². The highest BCUT2D eigenvalue weighted by Gasteiger charge is 2.38. The molecule has 0 aromatic heterocycles. The van der Waals surface area contributed by atoms with Gasteiger partial charge < -0.3 is 0 Å². The van der Waals surface area contributed by atoms with E-state index in [9.17, 15) is 13.2 Å². The maximum Gasteiger partial charge on any atom is 0.240 e. The third-order valence-electron chi connectivity index (χ3n) is 5.11. The molecule has 0 spiro atoms. The van der Waals surface area contributed by atoms with Crippen LogP contribution in [0.5, 0.6) is 0 Å². The Morgan fingerprint density at radius 2 is 1.69 bits per heavy atom. The number of sulfonamides is 1. The number of nitrogens with one attached hydrogen (secondary N) is 1. The number of benzene rings is 2. The Bertz CT molecular complexity index is 886. The van der Waals surface area contributed by atoms with E-state index >= 15 is 0 Å². The predicted molar refractivity (Wildman–Crippen MR) is 103 cm³/mol. The highest BCUT2D eigenvalue weighted by molar-refractivity contribution is 7.89. The van der Waals surface area contributed by atoms with Crippen molar-refractivity contribution in [2.75, 3.05) is 6.54 Å². The molecule has 0 aliphatic heterocycles. The van der Waals surface area contributed by atoms with Gasteiger partial charge in [-0.1, -0.05) is 42.3 Å². The van der Waals surface area contributed by atoms with Crippen molar-refractivity contribution in [3.63, 3.8) is 0 Å². The molecule has 6 heteroatoms. The van der Waals surface area contributed by atoms with Crippen LogP contribution >= 0.6 is 11.6 Å². The Balaban J connectivity index is 1.68. The van der Waals surface area contributed by atoms with Gasteiger partial charge in [-0.25, -0.2) is 13.1 Å². The Morgan fingerprint density at radius 1 is 1.08 bits per heavy atom. The van der Waals surface area contributed by atoms with Gasteiger partial charge in [0.1, 0.15) is 0 Å². The number of carbonyl (C=O) groups excluding carboxylic acids is 1.